The van der Waals surface area contributed by atoms with Crippen molar-refractivity contribution in [2.75, 3.05) is 76.6 Å². The van der Waals surface area contributed by atoms with Gasteiger partial charge in [0.1, 0.15) is 36.1 Å². The highest BCUT2D eigenvalue weighted by atomic mass is 35.5. The predicted molar refractivity (Wildman–Crippen MR) is 258 cm³/mol. The SMILES string of the molecule is Cc1ncsc1-c1ccc(CNC(=O)[C@@H]2C[C@@H](O)CN2C(=O)[C@@H](NC(=O)COCCOCCOCCOCCOc2cc(F)cc(CNc3nc(Nc4cnn(C)c4)ncc3Cl)c2F)C(C)(C)C)cc1. The Kier molecular flexibility index (Phi) is 19.7. The molecule has 1 fully saturated rings. The monoisotopic (exact) mass is 1010 g/mol. The number of aromatic nitrogens is 5. The number of aliphatic hydroxyl groups excluding tert-OH is 1. The third-order valence-electron chi connectivity index (χ3n) is 10.8. The van der Waals surface area contributed by atoms with Gasteiger partial charge in [-0.15, -0.1) is 11.3 Å². The number of hydrogen-bond acceptors (Lipinski definition) is 16. The van der Waals surface area contributed by atoms with E-state index in [2.05, 4.69) is 41.3 Å². The molecule has 1 aliphatic heterocycles. The third kappa shape index (κ3) is 15.8. The fraction of sp³-hybridized carbons (Fsp3) is 0.468. The Morgan fingerprint density at radius 3 is 2.27 bits per heavy atom. The van der Waals surface area contributed by atoms with Crippen LogP contribution in [0.25, 0.3) is 10.4 Å². The van der Waals surface area contributed by atoms with E-state index in [1.807, 2.05) is 31.2 Å². The molecular formula is C47H59ClF2N10O9S. The number of thiazole rings is 1. The number of β-amino-alcohol motifs (C(OH)–C–C–N with tert-alkyl or cyclic N) is 1. The Hall–Kier alpha value is -5.88. The molecule has 6 rings (SSSR count). The van der Waals surface area contributed by atoms with Crippen molar-refractivity contribution < 1.29 is 52.0 Å². The molecule has 3 atom stereocenters. The van der Waals surface area contributed by atoms with Crippen LogP contribution in [0.2, 0.25) is 5.02 Å². The van der Waals surface area contributed by atoms with Gasteiger partial charge >= 0.3 is 0 Å². The first kappa shape index (κ1) is 53.5. The molecule has 19 nitrogen and oxygen atoms in total. The van der Waals surface area contributed by atoms with E-state index in [-0.39, 0.29) is 114 Å². The molecule has 0 radical (unpaired) electrons. The van der Waals surface area contributed by atoms with Gasteiger partial charge < -0.3 is 55.0 Å². The number of nitrogens with one attached hydrogen (secondary N) is 4. The molecule has 5 N–H and O–H groups in total. The molecule has 1 saturated heterocycles. The van der Waals surface area contributed by atoms with Crippen molar-refractivity contribution in [3.05, 3.63) is 94.0 Å². The van der Waals surface area contributed by atoms with Crippen LogP contribution in [0.5, 0.6) is 5.75 Å². The van der Waals surface area contributed by atoms with Crippen molar-refractivity contribution in [3.63, 3.8) is 0 Å². The van der Waals surface area contributed by atoms with E-state index in [9.17, 15) is 23.9 Å². The molecule has 2 aromatic carbocycles. The maximum absolute atomic E-state index is 15.3. The van der Waals surface area contributed by atoms with Crippen LogP contribution in [0.1, 0.15) is 44.0 Å². The van der Waals surface area contributed by atoms with Gasteiger partial charge in [-0.25, -0.2) is 18.7 Å². The van der Waals surface area contributed by atoms with E-state index in [0.29, 0.717) is 5.69 Å². The second-order valence-electron chi connectivity index (χ2n) is 17.3. The van der Waals surface area contributed by atoms with Crippen LogP contribution in [-0.4, -0.2) is 137 Å². The lowest BCUT2D eigenvalue weighted by Crippen LogP contribution is -2.58. The van der Waals surface area contributed by atoms with Crippen molar-refractivity contribution >= 4 is 58.1 Å². The molecule has 23 heteroatoms. The summed E-state index contributed by atoms with van der Waals surface area (Å²) in [4.78, 5) is 55.4. The molecule has 3 aromatic heterocycles. The van der Waals surface area contributed by atoms with Crippen molar-refractivity contribution in [3.8, 4) is 16.2 Å². The Balaban J connectivity index is 0.812. The molecule has 3 amide bonds. The molecular weight excluding hydrogens is 954 g/mol. The molecule has 378 valence electrons. The van der Waals surface area contributed by atoms with E-state index in [0.717, 1.165) is 33.8 Å². The van der Waals surface area contributed by atoms with Gasteiger partial charge in [0.15, 0.2) is 17.4 Å². The van der Waals surface area contributed by atoms with Crippen LogP contribution in [0, 0.1) is 24.0 Å². The van der Waals surface area contributed by atoms with Crippen LogP contribution in [0.4, 0.5) is 26.2 Å². The number of carbonyl (C=O) groups is 3. The highest BCUT2D eigenvalue weighted by Crippen LogP contribution is 2.29. The summed E-state index contributed by atoms with van der Waals surface area (Å²) in [5, 5.41) is 26.4. The number of likely N-dealkylation sites (tertiary alicyclic amines) is 1. The first-order valence-corrected chi connectivity index (χ1v) is 23.8. The number of amides is 3. The number of hydrogen-bond donors (Lipinski definition) is 5. The average molecular weight is 1010 g/mol. The lowest BCUT2D eigenvalue weighted by Gasteiger charge is -2.35. The normalized spacial score (nSPS) is 15.2. The maximum Gasteiger partial charge on any atom is 0.246 e. The number of rotatable bonds is 26. The van der Waals surface area contributed by atoms with Gasteiger partial charge in [-0.3, -0.25) is 19.1 Å². The summed E-state index contributed by atoms with van der Waals surface area (Å²) < 4.78 is 58.8. The second-order valence-corrected chi connectivity index (χ2v) is 18.6. The third-order valence-corrected chi connectivity index (χ3v) is 12.0. The van der Waals surface area contributed by atoms with E-state index in [4.69, 9.17) is 35.3 Å². The number of aliphatic hydroxyl groups is 1. The second kappa shape index (κ2) is 25.8. The molecule has 0 bridgehead atoms. The van der Waals surface area contributed by atoms with Crippen molar-refractivity contribution in [2.45, 2.75) is 65.4 Å². The highest BCUT2D eigenvalue weighted by molar-refractivity contribution is 7.13. The van der Waals surface area contributed by atoms with E-state index >= 15 is 4.39 Å². The lowest BCUT2D eigenvalue weighted by atomic mass is 9.85. The van der Waals surface area contributed by atoms with Gasteiger partial charge in [0.05, 0.1) is 86.5 Å². The number of anilines is 3. The largest absolute Gasteiger partial charge is 0.488 e. The van der Waals surface area contributed by atoms with Gasteiger partial charge in [0.25, 0.3) is 0 Å². The molecule has 0 aliphatic carbocycles. The van der Waals surface area contributed by atoms with Crippen LogP contribution in [0.15, 0.2) is 60.5 Å². The number of benzene rings is 2. The maximum atomic E-state index is 15.3. The first-order valence-electron chi connectivity index (χ1n) is 22.5. The number of carbonyl (C=O) groups excluding carboxylic acids is 3. The van der Waals surface area contributed by atoms with E-state index in [1.54, 1.807) is 61.7 Å². The zero-order valence-electron chi connectivity index (χ0n) is 39.6. The van der Waals surface area contributed by atoms with Gasteiger partial charge in [0.2, 0.25) is 23.7 Å². The molecule has 0 spiro atoms. The Bertz CT molecular complexity index is 2510. The van der Waals surface area contributed by atoms with E-state index < -0.39 is 53.0 Å². The van der Waals surface area contributed by atoms with Crippen molar-refractivity contribution in [2.24, 2.45) is 12.5 Å². The molecule has 1 aliphatic rings. The quantitative estimate of drug-likeness (QED) is 0.0450. The highest BCUT2D eigenvalue weighted by Gasteiger charge is 2.44. The fourth-order valence-corrected chi connectivity index (χ4v) is 8.18. The number of ether oxygens (including phenoxy) is 5. The van der Waals surface area contributed by atoms with Crippen LogP contribution < -0.4 is 26.0 Å². The number of aryl methyl sites for hydroxylation is 2. The van der Waals surface area contributed by atoms with E-state index in [1.165, 1.54) is 11.1 Å². The zero-order chi connectivity index (χ0) is 50.2. The summed E-state index contributed by atoms with van der Waals surface area (Å²) in [7, 11) is 1.76. The summed E-state index contributed by atoms with van der Waals surface area (Å²) in [6.07, 6.45) is 3.88. The van der Waals surface area contributed by atoms with Crippen LogP contribution in [0.3, 0.4) is 0 Å². The van der Waals surface area contributed by atoms with Gasteiger partial charge in [-0.1, -0.05) is 56.6 Å². The summed E-state index contributed by atoms with van der Waals surface area (Å²) >= 11 is 7.80. The van der Waals surface area contributed by atoms with Crippen molar-refractivity contribution in [1.82, 2.24) is 40.3 Å². The van der Waals surface area contributed by atoms with Gasteiger partial charge in [-0.2, -0.15) is 10.1 Å². The Morgan fingerprint density at radius 1 is 0.943 bits per heavy atom. The van der Waals surface area contributed by atoms with Crippen LogP contribution >= 0.6 is 22.9 Å². The Labute approximate surface area is 413 Å². The molecule has 0 saturated carbocycles. The predicted octanol–water partition coefficient (Wildman–Crippen LogP) is 5.18. The number of halogens is 3. The summed E-state index contributed by atoms with van der Waals surface area (Å²) in [5.74, 6) is -2.66. The molecule has 5 aromatic rings. The summed E-state index contributed by atoms with van der Waals surface area (Å²) in [6, 6.07) is 7.90. The van der Waals surface area contributed by atoms with Crippen molar-refractivity contribution in [1.29, 1.82) is 0 Å². The molecule has 0 unspecified atom stereocenters. The summed E-state index contributed by atoms with van der Waals surface area (Å²) in [5.41, 5.74) is 4.58. The minimum atomic E-state index is -0.996. The summed E-state index contributed by atoms with van der Waals surface area (Å²) in [6.45, 7) is 8.39. The van der Waals surface area contributed by atoms with Gasteiger partial charge in [-0.05, 0) is 29.5 Å². The minimum absolute atomic E-state index is 0.00547. The lowest BCUT2D eigenvalue weighted by molar-refractivity contribution is -0.144. The minimum Gasteiger partial charge on any atom is -0.488 e. The van der Waals surface area contributed by atoms with Gasteiger partial charge in [0, 0.05) is 50.9 Å². The standard InChI is InChI=1S/C47H59ClF2N10O9S/c1-29-41(70-28-54-29)31-8-6-30(7-9-31)21-52-44(63)37-20-35(61)26-60(37)45(64)42(47(2,3)4)57-39(62)27-68-15-14-66-11-10-65-12-13-67-16-17-69-38-19-33(49)18-32(40(38)50)22-51-43-36(48)24-53-46(58-43)56-34-23-55-59(5)25-34/h6-9,18-19,23-25,28,35,37,42,61H,10-17,20-22,26-27H2,1-5H3,(H,52,63)(H,57,62)(H2,51,53,56,58)/t35-,37+,42-/m1/s1. The first-order chi connectivity index (χ1) is 33.5. The average Bonchev–Trinajstić information content (AvgIpc) is 4.07. The zero-order valence-corrected chi connectivity index (χ0v) is 41.2. The smallest absolute Gasteiger partial charge is 0.246 e. The number of nitrogens with zero attached hydrogens (tertiary/aromatic N) is 6. The fourth-order valence-electron chi connectivity index (χ4n) is 7.22. The Morgan fingerprint density at radius 2 is 1.63 bits per heavy atom. The molecule has 70 heavy (non-hydrogen) atoms. The van der Waals surface area contributed by atoms with Crippen LogP contribution in [-0.2, 0) is 53.5 Å². The topological polar surface area (TPSA) is 225 Å². The molecule has 4 heterocycles.